The van der Waals surface area contributed by atoms with E-state index in [4.69, 9.17) is 28.3 Å². The van der Waals surface area contributed by atoms with Gasteiger partial charge in [0.15, 0.2) is 0 Å². The molecule has 1 saturated carbocycles. The third-order valence-electron chi connectivity index (χ3n) is 3.64. The van der Waals surface area contributed by atoms with Gasteiger partial charge in [0.1, 0.15) is 0 Å². The van der Waals surface area contributed by atoms with E-state index in [1.165, 1.54) is 0 Å². The van der Waals surface area contributed by atoms with Gasteiger partial charge in [0, 0.05) is 6.04 Å². The van der Waals surface area contributed by atoms with Crippen LogP contribution in [0.25, 0.3) is 0 Å². The maximum Gasteiger partial charge on any atom is 0.319 e. The molecule has 2 atom stereocenters. The summed E-state index contributed by atoms with van der Waals surface area (Å²) in [6.07, 6.45) is 1.67. The summed E-state index contributed by atoms with van der Waals surface area (Å²) in [5.74, 6) is -1.20. The molecular formula is C14H16Cl2N2O3. The highest BCUT2D eigenvalue weighted by Gasteiger charge is 2.30. The van der Waals surface area contributed by atoms with Crippen LogP contribution in [0.1, 0.15) is 24.8 Å². The number of rotatable bonds is 3. The molecule has 1 aromatic carbocycles. The van der Waals surface area contributed by atoms with Crippen molar-refractivity contribution in [3.8, 4) is 0 Å². The van der Waals surface area contributed by atoms with Crippen LogP contribution < -0.4 is 10.6 Å². The van der Waals surface area contributed by atoms with Gasteiger partial charge < -0.3 is 15.7 Å². The number of aliphatic carboxylic acids is 1. The minimum absolute atomic E-state index is 0.145. The summed E-state index contributed by atoms with van der Waals surface area (Å²) in [7, 11) is 0. The normalized spacial score (nSPS) is 21.1. The molecule has 0 saturated heterocycles. The van der Waals surface area contributed by atoms with Gasteiger partial charge in [-0.05, 0) is 37.8 Å². The van der Waals surface area contributed by atoms with Crippen molar-refractivity contribution in [1.29, 1.82) is 0 Å². The lowest BCUT2D eigenvalue weighted by Gasteiger charge is -2.15. The summed E-state index contributed by atoms with van der Waals surface area (Å²) < 4.78 is 0. The first-order chi connectivity index (χ1) is 9.88. The van der Waals surface area contributed by atoms with Gasteiger partial charge in [-0.15, -0.1) is 0 Å². The van der Waals surface area contributed by atoms with Crippen molar-refractivity contribution < 1.29 is 14.7 Å². The number of benzene rings is 1. The van der Waals surface area contributed by atoms with E-state index in [1.807, 2.05) is 6.92 Å². The monoisotopic (exact) mass is 330 g/mol. The zero-order chi connectivity index (χ0) is 15.6. The lowest BCUT2D eigenvalue weighted by atomic mass is 10.1. The summed E-state index contributed by atoms with van der Waals surface area (Å²) in [5, 5.41) is 15.1. The third-order valence-corrected chi connectivity index (χ3v) is 4.44. The van der Waals surface area contributed by atoms with Crippen LogP contribution in [0.2, 0.25) is 10.0 Å². The van der Waals surface area contributed by atoms with Gasteiger partial charge in [-0.1, -0.05) is 29.3 Å². The summed E-state index contributed by atoms with van der Waals surface area (Å²) in [6, 6.07) is 2.85. The second-order valence-corrected chi connectivity index (χ2v) is 5.98. The molecule has 0 spiro atoms. The zero-order valence-electron chi connectivity index (χ0n) is 11.5. The van der Waals surface area contributed by atoms with E-state index in [0.717, 1.165) is 5.56 Å². The van der Waals surface area contributed by atoms with Crippen LogP contribution >= 0.6 is 23.2 Å². The number of hydrogen-bond donors (Lipinski definition) is 3. The molecule has 21 heavy (non-hydrogen) atoms. The number of halogens is 2. The number of urea groups is 1. The Labute approximate surface area is 132 Å². The van der Waals surface area contributed by atoms with Crippen LogP contribution in [0.5, 0.6) is 0 Å². The number of carbonyl (C=O) groups is 2. The van der Waals surface area contributed by atoms with Crippen molar-refractivity contribution in [2.45, 2.75) is 32.2 Å². The summed E-state index contributed by atoms with van der Waals surface area (Å²) >= 11 is 12.1. The van der Waals surface area contributed by atoms with Gasteiger partial charge in [-0.25, -0.2) is 4.79 Å². The summed E-state index contributed by atoms with van der Waals surface area (Å²) in [5.41, 5.74) is 1.17. The van der Waals surface area contributed by atoms with Crippen molar-refractivity contribution in [2.75, 3.05) is 5.32 Å². The molecule has 3 N–H and O–H groups in total. The molecule has 1 aromatic rings. The number of carboxylic acids is 1. The molecule has 0 aromatic heterocycles. The number of hydrogen-bond acceptors (Lipinski definition) is 2. The van der Waals surface area contributed by atoms with E-state index in [1.54, 1.807) is 12.1 Å². The van der Waals surface area contributed by atoms with Gasteiger partial charge in [0.25, 0.3) is 0 Å². The Morgan fingerprint density at radius 1 is 1.29 bits per heavy atom. The fraction of sp³-hybridized carbons (Fsp3) is 0.429. The first kappa shape index (κ1) is 15.9. The Kier molecular flexibility index (Phi) is 4.96. The molecule has 2 rings (SSSR count). The summed E-state index contributed by atoms with van der Waals surface area (Å²) in [6.45, 7) is 1.82. The van der Waals surface area contributed by atoms with Crippen LogP contribution in [0.4, 0.5) is 10.5 Å². The minimum atomic E-state index is -0.815. The SMILES string of the molecule is Cc1ccc(Cl)c(NC(=O)N[C@H]2CC[C@@H](C(=O)O)C2)c1Cl. The number of carbonyl (C=O) groups excluding carboxylic acids is 1. The molecule has 2 amide bonds. The molecule has 1 aliphatic carbocycles. The quantitative estimate of drug-likeness (QED) is 0.791. The van der Waals surface area contributed by atoms with E-state index in [0.29, 0.717) is 35.0 Å². The highest BCUT2D eigenvalue weighted by Crippen LogP contribution is 2.33. The number of amides is 2. The predicted octanol–water partition coefficient (Wildman–Crippen LogP) is 3.68. The van der Waals surface area contributed by atoms with E-state index in [2.05, 4.69) is 10.6 Å². The fourth-order valence-electron chi connectivity index (χ4n) is 2.44. The van der Waals surface area contributed by atoms with Gasteiger partial charge >= 0.3 is 12.0 Å². The Hall–Kier alpha value is -1.46. The second-order valence-electron chi connectivity index (χ2n) is 5.20. The Morgan fingerprint density at radius 2 is 2.00 bits per heavy atom. The van der Waals surface area contributed by atoms with Crippen molar-refractivity contribution in [3.63, 3.8) is 0 Å². The van der Waals surface area contributed by atoms with Crippen molar-refractivity contribution in [1.82, 2.24) is 5.32 Å². The predicted molar refractivity (Wildman–Crippen MR) is 82.1 cm³/mol. The second kappa shape index (κ2) is 6.54. The number of anilines is 1. The number of nitrogens with one attached hydrogen (secondary N) is 2. The minimum Gasteiger partial charge on any atom is -0.481 e. The van der Waals surface area contributed by atoms with E-state index >= 15 is 0 Å². The zero-order valence-corrected chi connectivity index (χ0v) is 13.0. The smallest absolute Gasteiger partial charge is 0.319 e. The molecule has 0 bridgehead atoms. The molecule has 5 nitrogen and oxygen atoms in total. The van der Waals surface area contributed by atoms with Gasteiger partial charge in [-0.2, -0.15) is 0 Å². The largest absolute Gasteiger partial charge is 0.481 e. The van der Waals surface area contributed by atoms with Crippen LogP contribution in [-0.4, -0.2) is 23.1 Å². The molecule has 0 unspecified atom stereocenters. The van der Waals surface area contributed by atoms with Gasteiger partial charge in [0.05, 0.1) is 21.7 Å². The Morgan fingerprint density at radius 3 is 2.62 bits per heavy atom. The van der Waals surface area contributed by atoms with Crippen LogP contribution in [-0.2, 0) is 4.79 Å². The first-order valence-electron chi connectivity index (χ1n) is 6.63. The summed E-state index contributed by atoms with van der Waals surface area (Å²) in [4.78, 5) is 22.9. The average Bonchev–Trinajstić information content (AvgIpc) is 2.88. The fourth-order valence-corrected chi connectivity index (χ4v) is 2.91. The molecule has 0 radical (unpaired) electrons. The average molecular weight is 331 g/mol. The lowest BCUT2D eigenvalue weighted by Crippen LogP contribution is -2.36. The van der Waals surface area contributed by atoms with Crippen molar-refractivity contribution in [3.05, 3.63) is 27.7 Å². The van der Waals surface area contributed by atoms with Crippen molar-refractivity contribution in [2.24, 2.45) is 5.92 Å². The highest BCUT2D eigenvalue weighted by molar-refractivity contribution is 6.40. The van der Waals surface area contributed by atoms with E-state index in [-0.39, 0.29) is 12.0 Å². The van der Waals surface area contributed by atoms with E-state index < -0.39 is 12.0 Å². The molecule has 1 fully saturated rings. The van der Waals surface area contributed by atoms with Gasteiger partial charge in [-0.3, -0.25) is 4.79 Å². The molecule has 0 aliphatic heterocycles. The maximum absolute atomic E-state index is 12.0. The van der Waals surface area contributed by atoms with Crippen LogP contribution in [0.3, 0.4) is 0 Å². The maximum atomic E-state index is 12.0. The van der Waals surface area contributed by atoms with E-state index in [9.17, 15) is 9.59 Å². The first-order valence-corrected chi connectivity index (χ1v) is 7.39. The Balaban J connectivity index is 1.97. The van der Waals surface area contributed by atoms with Crippen molar-refractivity contribution >= 4 is 40.9 Å². The van der Waals surface area contributed by atoms with Gasteiger partial charge in [0.2, 0.25) is 0 Å². The molecule has 114 valence electrons. The standard InChI is InChI=1S/C14H16Cl2N2O3/c1-7-2-5-10(15)12(11(7)16)18-14(21)17-9-4-3-8(6-9)13(19)20/h2,5,8-9H,3-4,6H2,1H3,(H,19,20)(H2,17,18,21)/t8-,9+/m1/s1. The molecular weight excluding hydrogens is 315 g/mol. The molecule has 0 heterocycles. The van der Waals surface area contributed by atoms with Crippen LogP contribution in [0.15, 0.2) is 12.1 Å². The number of aryl methyl sites for hydroxylation is 1. The lowest BCUT2D eigenvalue weighted by molar-refractivity contribution is -0.141. The topological polar surface area (TPSA) is 78.4 Å². The molecule has 1 aliphatic rings. The number of carboxylic acid groups (broad SMARTS) is 1. The Bertz CT molecular complexity index is 578. The third kappa shape index (κ3) is 3.80. The van der Waals surface area contributed by atoms with Crippen LogP contribution in [0, 0.1) is 12.8 Å². The highest BCUT2D eigenvalue weighted by atomic mass is 35.5. The molecule has 7 heteroatoms.